The minimum absolute atomic E-state index is 0.0122. The zero-order valence-electron chi connectivity index (χ0n) is 6.33. The van der Waals surface area contributed by atoms with Gasteiger partial charge in [0.2, 0.25) is 10.0 Å². The third-order valence-electron chi connectivity index (χ3n) is 1.38. The minimum Gasteiger partial charge on any atom is -0.465 e. The molecule has 0 spiro atoms. The maximum absolute atomic E-state index is 11.0. The van der Waals surface area contributed by atoms with E-state index in [9.17, 15) is 13.2 Å². The summed E-state index contributed by atoms with van der Waals surface area (Å²) in [5, 5.41) is 0. The zero-order chi connectivity index (χ0) is 9.35. The van der Waals surface area contributed by atoms with E-state index >= 15 is 0 Å². The molecule has 0 unspecified atom stereocenters. The predicted octanol–water partition coefficient (Wildman–Crippen LogP) is -1.74. The van der Waals surface area contributed by atoms with Crippen LogP contribution < -0.4 is 10.5 Å². The Balaban J connectivity index is 3.17. The Kier molecular flexibility index (Phi) is 2.07. The number of carbonyl (C=O) groups is 1. The van der Waals surface area contributed by atoms with Crippen LogP contribution in [0.1, 0.15) is 0 Å². The monoisotopic (exact) mass is 192 g/mol. The predicted molar refractivity (Wildman–Crippen MR) is 40.2 cm³/mol. The number of sulfonamides is 1. The van der Waals surface area contributed by atoms with Gasteiger partial charge in [0.05, 0.1) is 19.4 Å². The third kappa shape index (κ3) is 1.28. The van der Waals surface area contributed by atoms with Crippen LogP contribution in [0, 0.1) is 0 Å². The molecule has 1 rings (SSSR count). The lowest BCUT2D eigenvalue weighted by Gasteiger charge is -1.98. The third-order valence-corrected chi connectivity index (χ3v) is 2.87. The number of hydrogen-bond donors (Lipinski definition) is 2. The van der Waals surface area contributed by atoms with E-state index in [1.807, 2.05) is 0 Å². The number of nitrogens with one attached hydrogen (secondary N) is 1. The summed E-state index contributed by atoms with van der Waals surface area (Å²) in [6, 6.07) is 0. The van der Waals surface area contributed by atoms with E-state index < -0.39 is 20.9 Å². The highest BCUT2D eigenvalue weighted by Crippen LogP contribution is 2.14. The summed E-state index contributed by atoms with van der Waals surface area (Å²) in [4.78, 5) is 10.4. The Labute approximate surface area is 69.4 Å². The molecule has 0 aromatic carbocycles. The molecule has 0 amide bonds. The summed E-state index contributed by atoms with van der Waals surface area (Å²) in [6.07, 6.45) is 0. The van der Waals surface area contributed by atoms with E-state index in [4.69, 9.17) is 5.73 Å². The SMILES string of the molecule is COC(=O)C1=C(N)CNS1(=O)=O. The zero-order valence-corrected chi connectivity index (χ0v) is 7.14. The Morgan fingerprint density at radius 1 is 1.67 bits per heavy atom. The molecule has 1 heterocycles. The second-order valence-corrected chi connectivity index (χ2v) is 3.87. The maximum Gasteiger partial charge on any atom is 0.352 e. The smallest absolute Gasteiger partial charge is 0.352 e. The average Bonchev–Trinajstić information content (AvgIpc) is 2.25. The van der Waals surface area contributed by atoms with Crippen molar-refractivity contribution in [3.05, 3.63) is 10.6 Å². The molecule has 7 heteroatoms. The highest BCUT2D eigenvalue weighted by molar-refractivity contribution is 7.94. The summed E-state index contributed by atoms with van der Waals surface area (Å²) in [7, 11) is -2.62. The van der Waals surface area contributed by atoms with Crippen LogP contribution >= 0.6 is 0 Å². The van der Waals surface area contributed by atoms with Gasteiger partial charge in [0.15, 0.2) is 4.91 Å². The first kappa shape index (κ1) is 9.01. The summed E-state index contributed by atoms with van der Waals surface area (Å²) < 4.78 is 28.4. The molecule has 0 fully saturated rings. The lowest BCUT2D eigenvalue weighted by atomic mass is 10.4. The van der Waals surface area contributed by atoms with Gasteiger partial charge < -0.3 is 10.5 Å². The molecule has 0 aliphatic carbocycles. The van der Waals surface area contributed by atoms with Crippen molar-refractivity contribution in [3.63, 3.8) is 0 Å². The normalized spacial score (nSPS) is 21.1. The Hall–Kier alpha value is -1.08. The van der Waals surface area contributed by atoms with Crippen LogP contribution in [0.4, 0.5) is 0 Å². The van der Waals surface area contributed by atoms with Gasteiger partial charge in [0.1, 0.15) is 0 Å². The Morgan fingerprint density at radius 3 is 2.58 bits per heavy atom. The Bertz CT molecular complexity index is 342. The number of rotatable bonds is 1. The molecule has 0 bridgehead atoms. The van der Waals surface area contributed by atoms with Gasteiger partial charge in [-0.25, -0.2) is 17.9 Å². The molecular formula is C5H8N2O4S. The summed E-state index contributed by atoms with van der Waals surface area (Å²) in [6.45, 7) is -0.0350. The number of esters is 1. The van der Waals surface area contributed by atoms with Crippen molar-refractivity contribution in [2.75, 3.05) is 13.7 Å². The number of hydrogen-bond acceptors (Lipinski definition) is 5. The second kappa shape index (κ2) is 2.76. The molecule has 1 aliphatic heterocycles. The standard InChI is InChI=1S/C5H8N2O4S/c1-11-5(8)4-3(6)2-7-12(4,9)10/h7H,2,6H2,1H3. The molecule has 6 nitrogen and oxygen atoms in total. The first-order valence-electron chi connectivity index (χ1n) is 3.05. The van der Waals surface area contributed by atoms with E-state index in [2.05, 4.69) is 9.46 Å². The van der Waals surface area contributed by atoms with Gasteiger partial charge in [0.25, 0.3) is 0 Å². The molecule has 0 atom stereocenters. The van der Waals surface area contributed by atoms with Crippen LogP contribution in [0.15, 0.2) is 10.6 Å². The molecule has 0 aromatic heterocycles. The first-order chi connectivity index (χ1) is 5.49. The van der Waals surface area contributed by atoms with E-state index in [0.717, 1.165) is 7.11 Å². The summed E-state index contributed by atoms with van der Waals surface area (Å²) >= 11 is 0. The molecule has 68 valence electrons. The molecule has 0 aromatic rings. The van der Waals surface area contributed by atoms with Crippen molar-refractivity contribution in [2.45, 2.75) is 0 Å². The van der Waals surface area contributed by atoms with Crippen LogP contribution in [-0.2, 0) is 19.6 Å². The topological polar surface area (TPSA) is 98.5 Å². The number of ether oxygens (including phenoxy) is 1. The quantitative estimate of drug-likeness (QED) is 0.481. The van der Waals surface area contributed by atoms with Gasteiger partial charge in [-0.05, 0) is 0 Å². The fraction of sp³-hybridized carbons (Fsp3) is 0.400. The van der Waals surface area contributed by atoms with Crippen molar-refractivity contribution in [2.24, 2.45) is 5.73 Å². The van der Waals surface area contributed by atoms with Gasteiger partial charge in [-0.1, -0.05) is 0 Å². The molecule has 3 N–H and O–H groups in total. The molecule has 1 aliphatic rings. The largest absolute Gasteiger partial charge is 0.465 e. The van der Waals surface area contributed by atoms with Gasteiger partial charge >= 0.3 is 5.97 Å². The first-order valence-corrected chi connectivity index (χ1v) is 4.54. The van der Waals surface area contributed by atoms with Crippen LogP contribution in [0.2, 0.25) is 0 Å². The van der Waals surface area contributed by atoms with Crippen LogP contribution in [0.5, 0.6) is 0 Å². The van der Waals surface area contributed by atoms with E-state index in [1.165, 1.54) is 0 Å². The van der Waals surface area contributed by atoms with Crippen molar-refractivity contribution >= 4 is 16.0 Å². The van der Waals surface area contributed by atoms with Crippen molar-refractivity contribution in [1.29, 1.82) is 0 Å². The van der Waals surface area contributed by atoms with E-state index in [-0.39, 0.29) is 12.2 Å². The van der Waals surface area contributed by atoms with Gasteiger partial charge in [0, 0.05) is 0 Å². The molecule has 0 saturated heterocycles. The van der Waals surface area contributed by atoms with Gasteiger partial charge in [-0.3, -0.25) is 0 Å². The highest BCUT2D eigenvalue weighted by Gasteiger charge is 2.33. The maximum atomic E-state index is 11.0. The van der Waals surface area contributed by atoms with Crippen molar-refractivity contribution < 1.29 is 17.9 Å². The molecular weight excluding hydrogens is 184 g/mol. The molecule has 0 saturated carbocycles. The fourth-order valence-electron chi connectivity index (χ4n) is 0.831. The molecule has 12 heavy (non-hydrogen) atoms. The van der Waals surface area contributed by atoms with E-state index in [1.54, 1.807) is 0 Å². The van der Waals surface area contributed by atoms with Gasteiger partial charge in [-0.15, -0.1) is 0 Å². The second-order valence-electron chi connectivity index (χ2n) is 2.17. The van der Waals surface area contributed by atoms with E-state index in [0.29, 0.717) is 0 Å². The lowest BCUT2D eigenvalue weighted by molar-refractivity contribution is -0.135. The molecule has 0 radical (unpaired) electrons. The van der Waals surface area contributed by atoms with Crippen LogP contribution in [0.3, 0.4) is 0 Å². The summed E-state index contributed by atoms with van der Waals surface area (Å²) in [5.41, 5.74) is 5.26. The average molecular weight is 192 g/mol. The van der Waals surface area contributed by atoms with Crippen LogP contribution in [0.25, 0.3) is 0 Å². The number of carbonyl (C=O) groups excluding carboxylic acids is 1. The summed E-state index contributed by atoms with van der Waals surface area (Å²) in [5.74, 6) is -0.933. The lowest BCUT2D eigenvalue weighted by Crippen LogP contribution is -2.21. The van der Waals surface area contributed by atoms with Crippen molar-refractivity contribution in [1.82, 2.24) is 4.72 Å². The highest BCUT2D eigenvalue weighted by atomic mass is 32.2. The van der Waals surface area contributed by atoms with Crippen molar-refractivity contribution in [3.8, 4) is 0 Å². The fourth-order valence-corrected chi connectivity index (χ4v) is 2.04. The number of nitrogens with two attached hydrogens (primary N) is 1. The Morgan fingerprint density at radius 2 is 2.25 bits per heavy atom. The van der Waals surface area contributed by atoms with Gasteiger partial charge in [-0.2, -0.15) is 0 Å². The number of methoxy groups -OCH3 is 1. The minimum atomic E-state index is -3.72. The van der Waals surface area contributed by atoms with Crippen LogP contribution in [-0.4, -0.2) is 28.0 Å².